The maximum Gasteiger partial charge on any atom is 0.106 e. The molecule has 2 rings (SSSR count). The Morgan fingerprint density at radius 3 is 2.72 bits per heavy atom. The topological polar surface area (TPSA) is 24.9 Å². The van der Waals surface area contributed by atoms with Gasteiger partial charge in [-0.2, -0.15) is 0 Å². The van der Waals surface area contributed by atoms with E-state index in [1.54, 1.807) is 0 Å². The van der Waals surface area contributed by atoms with Gasteiger partial charge in [0.25, 0.3) is 0 Å². The number of anilines is 1. The third kappa shape index (κ3) is 3.24. The molecule has 0 fully saturated rings. The van der Waals surface area contributed by atoms with Crippen LogP contribution in [0.5, 0.6) is 0 Å². The molecular weight excluding hydrogens is 312 g/mol. The van der Waals surface area contributed by atoms with Crippen LogP contribution in [0.25, 0.3) is 0 Å². The highest BCUT2D eigenvalue weighted by Crippen LogP contribution is 2.24. The molecular formula is C14H14BrClN2. The molecule has 1 aromatic heterocycles. The quantitative estimate of drug-likeness (QED) is 0.805. The molecule has 0 aliphatic rings. The largest absolute Gasteiger partial charge is 0.377 e. The highest BCUT2D eigenvalue weighted by molar-refractivity contribution is 9.10. The summed E-state index contributed by atoms with van der Waals surface area (Å²) in [4.78, 5) is 4.37. The van der Waals surface area contributed by atoms with E-state index in [0.29, 0.717) is 0 Å². The van der Waals surface area contributed by atoms with E-state index in [9.17, 15) is 0 Å². The van der Waals surface area contributed by atoms with Gasteiger partial charge in [0, 0.05) is 11.1 Å². The van der Waals surface area contributed by atoms with Crippen LogP contribution >= 0.6 is 27.5 Å². The molecule has 0 bridgehead atoms. The molecule has 0 saturated heterocycles. The van der Waals surface area contributed by atoms with Crippen molar-refractivity contribution in [1.29, 1.82) is 0 Å². The lowest BCUT2D eigenvalue weighted by Crippen LogP contribution is -2.08. The summed E-state index contributed by atoms with van der Waals surface area (Å²) in [6.45, 7) is 4.09. The first-order chi connectivity index (χ1) is 8.56. The van der Waals surface area contributed by atoms with Crippen LogP contribution in [0.15, 0.2) is 41.0 Å². The van der Waals surface area contributed by atoms with Crippen LogP contribution in [0.3, 0.4) is 0 Å². The zero-order valence-electron chi connectivity index (χ0n) is 10.2. The van der Waals surface area contributed by atoms with Crippen molar-refractivity contribution in [3.8, 4) is 0 Å². The molecule has 0 saturated carbocycles. The van der Waals surface area contributed by atoms with E-state index in [1.807, 2.05) is 37.3 Å². The van der Waals surface area contributed by atoms with Gasteiger partial charge in [0.2, 0.25) is 0 Å². The molecule has 1 aromatic carbocycles. The number of hydrogen-bond donors (Lipinski definition) is 1. The Morgan fingerprint density at radius 2 is 2.06 bits per heavy atom. The van der Waals surface area contributed by atoms with Crippen molar-refractivity contribution in [2.45, 2.75) is 19.9 Å². The Kier molecular flexibility index (Phi) is 4.25. The van der Waals surface area contributed by atoms with Crippen LogP contribution in [0.4, 0.5) is 5.69 Å². The number of pyridine rings is 1. The fourth-order valence-corrected chi connectivity index (χ4v) is 2.37. The molecule has 0 aliphatic carbocycles. The minimum absolute atomic E-state index is 0.186. The van der Waals surface area contributed by atoms with E-state index in [2.05, 4.69) is 39.2 Å². The summed E-state index contributed by atoms with van der Waals surface area (Å²) < 4.78 is 0.848. The van der Waals surface area contributed by atoms with E-state index in [4.69, 9.17) is 11.6 Å². The Balaban J connectivity index is 2.18. The van der Waals surface area contributed by atoms with Crippen molar-refractivity contribution in [3.63, 3.8) is 0 Å². The van der Waals surface area contributed by atoms with Gasteiger partial charge in [0.05, 0.1) is 11.4 Å². The normalized spacial score (nSPS) is 12.2. The van der Waals surface area contributed by atoms with E-state index in [0.717, 1.165) is 26.6 Å². The highest BCUT2D eigenvalue weighted by atomic mass is 79.9. The molecule has 0 radical (unpaired) electrons. The third-order valence-electron chi connectivity index (χ3n) is 2.77. The van der Waals surface area contributed by atoms with Crippen LogP contribution in [0, 0.1) is 6.92 Å². The fourth-order valence-electron chi connectivity index (χ4n) is 1.78. The number of benzene rings is 1. The standard InChI is InChI=1S/C14H14BrClN2/c1-9(11-4-3-5-12(16)8-11)17-13-6-7-14(15)18-10(13)2/h3-9,17H,1-2H3. The molecule has 2 nitrogen and oxygen atoms in total. The zero-order valence-corrected chi connectivity index (χ0v) is 12.6. The van der Waals surface area contributed by atoms with E-state index >= 15 is 0 Å². The Morgan fingerprint density at radius 1 is 1.28 bits per heavy atom. The van der Waals surface area contributed by atoms with E-state index in [1.165, 1.54) is 0 Å². The van der Waals surface area contributed by atoms with Gasteiger partial charge in [-0.05, 0) is 59.6 Å². The minimum Gasteiger partial charge on any atom is -0.377 e. The third-order valence-corrected chi connectivity index (χ3v) is 3.45. The summed E-state index contributed by atoms with van der Waals surface area (Å²) >= 11 is 9.36. The molecule has 1 heterocycles. The molecule has 94 valence electrons. The highest BCUT2D eigenvalue weighted by Gasteiger charge is 2.08. The summed E-state index contributed by atoms with van der Waals surface area (Å²) in [5.74, 6) is 0. The second-order valence-corrected chi connectivity index (χ2v) is 5.44. The number of halogens is 2. The number of aromatic nitrogens is 1. The number of nitrogens with one attached hydrogen (secondary N) is 1. The van der Waals surface area contributed by atoms with Crippen molar-refractivity contribution in [1.82, 2.24) is 4.98 Å². The summed E-state index contributed by atoms with van der Waals surface area (Å²) in [7, 11) is 0. The molecule has 18 heavy (non-hydrogen) atoms. The van der Waals surface area contributed by atoms with Gasteiger partial charge >= 0.3 is 0 Å². The average molecular weight is 326 g/mol. The predicted molar refractivity (Wildman–Crippen MR) is 80.2 cm³/mol. The molecule has 1 unspecified atom stereocenters. The van der Waals surface area contributed by atoms with Crippen LogP contribution in [-0.4, -0.2) is 4.98 Å². The minimum atomic E-state index is 0.186. The fraction of sp³-hybridized carbons (Fsp3) is 0.214. The lowest BCUT2D eigenvalue weighted by molar-refractivity contribution is 0.878. The van der Waals surface area contributed by atoms with Gasteiger partial charge in [0.15, 0.2) is 0 Å². The molecule has 1 N–H and O–H groups in total. The van der Waals surface area contributed by atoms with E-state index < -0.39 is 0 Å². The second-order valence-electron chi connectivity index (χ2n) is 4.19. The summed E-state index contributed by atoms with van der Waals surface area (Å²) in [5, 5.41) is 4.20. The van der Waals surface area contributed by atoms with Crippen molar-refractivity contribution < 1.29 is 0 Å². The predicted octanol–water partition coefficient (Wildman–Crippen LogP) is 4.98. The monoisotopic (exact) mass is 324 g/mol. The molecule has 4 heteroatoms. The molecule has 2 aromatic rings. The lowest BCUT2D eigenvalue weighted by atomic mass is 10.1. The van der Waals surface area contributed by atoms with Gasteiger partial charge in [-0.15, -0.1) is 0 Å². The van der Waals surface area contributed by atoms with Gasteiger partial charge in [-0.25, -0.2) is 4.98 Å². The summed E-state index contributed by atoms with van der Waals surface area (Å²) in [6.07, 6.45) is 0. The number of rotatable bonds is 3. The SMILES string of the molecule is Cc1nc(Br)ccc1NC(C)c1cccc(Cl)c1. The van der Waals surface area contributed by atoms with Gasteiger partial charge in [-0.3, -0.25) is 0 Å². The first kappa shape index (κ1) is 13.4. The Hall–Kier alpha value is -1.06. The van der Waals surface area contributed by atoms with Crippen LogP contribution in [0.2, 0.25) is 5.02 Å². The summed E-state index contributed by atoms with van der Waals surface area (Å²) in [5.41, 5.74) is 3.16. The second kappa shape index (κ2) is 5.72. The number of aryl methyl sites for hydroxylation is 1. The van der Waals surface area contributed by atoms with Crippen LogP contribution in [-0.2, 0) is 0 Å². The Bertz CT molecular complexity index is 557. The first-order valence-electron chi connectivity index (χ1n) is 5.71. The zero-order chi connectivity index (χ0) is 13.1. The lowest BCUT2D eigenvalue weighted by Gasteiger charge is -2.17. The van der Waals surface area contributed by atoms with E-state index in [-0.39, 0.29) is 6.04 Å². The number of nitrogens with zero attached hydrogens (tertiary/aromatic N) is 1. The molecule has 0 aliphatic heterocycles. The van der Waals surface area contributed by atoms with Gasteiger partial charge in [-0.1, -0.05) is 23.7 Å². The van der Waals surface area contributed by atoms with Crippen molar-refractivity contribution >= 4 is 33.2 Å². The van der Waals surface area contributed by atoms with Gasteiger partial charge < -0.3 is 5.32 Å². The molecule has 0 spiro atoms. The van der Waals surface area contributed by atoms with Gasteiger partial charge in [0.1, 0.15) is 4.60 Å². The summed E-state index contributed by atoms with van der Waals surface area (Å²) in [6, 6.07) is 12.0. The van der Waals surface area contributed by atoms with Crippen LogP contribution in [0.1, 0.15) is 24.2 Å². The maximum atomic E-state index is 6.00. The average Bonchev–Trinajstić information content (AvgIpc) is 2.32. The molecule has 1 atom stereocenters. The van der Waals surface area contributed by atoms with Crippen LogP contribution < -0.4 is 5.32 Å². The van der Waals surface area contributed by atoms with Crippen molar-refractivity contribution in [2.24, 2.45) is 0 Å². The van der Waals surface area contributed by atoms with Crippen molar-refractivity contribution in [2.75, 3.05) is 5.32 Å². The molecule has 0 amide bonds. The first-order valence-corrected chi connectivity index (χ1v) is 6.88. The number of hydrogen-bond acceptors (Lipinski definition) is 2. The maximum absolute atomic E-state index is 6.00. The van der Waals surface area contributed by atoms with Crippen molar-refractivity contribution in [3.05, 3.63) is 57.3 Å². The smallest absolute Gasteiger partial charge is 0.106 e. The Labute approximate surface area is 121 Å².